The van der Waals surface area contributed by atoms with Gasteiger partial charge in [0.15, 0.2) is 0 Å². The number of hydrogen-bond donors (Lipinski definition) is 1. The summed E-state index contributed by atoms with van der Waals surface area (Å²) in [5.74, 6) is 0. The van der Waals surface area contributed by atoms with Crippen LogP contribution in [0.15, 0.2) is 23.1 Å². The topological polar surface area (TPSA) is 26.0 Å². The molecule has 5 heteroatoms. The van der Waals surface area contributed by atoms with Gasteiger partial charge in [0.25, 0.3) is 0 Å². The predicted molar refractivity (Wildman–Crippen MR) is 79.8 cm³/mol. The van der Waals surface area contributed by atoms with Gasteiger partial charge in [-0.3, -0.25) is 0 Å². The third-order valence-corrected chi connectivity index (χ3v) is 5.26. The van der Waals surface area contributed by atoms with Crippen LogP contribution in [0.4, 0.5) is 0 Å². The van der Waals surface area contributed by atoms with E-state index >= 15 is 0 Å². The van der Waals surface area contributed by atoms with Crippen molar-refractivity contribution in [3.05, 3.63) is 28.2 Å². The van der Waals surface area contributed by atoms with Crippen LogP contribution >= 0.6 is 47.4 Å². The van der Waals surface area contributed by atoms with E-state index < -0.39 is 0 Å². The van der Waals surface area contributed by atoms with Crippen molar-refractivity contribution in [3.63, 3.8) is 0 Å². The third-order valence-electron chi connectivity index (χ3n) is 2.92. The molecule has 17 heavy (non-hydrogen) atoms. The number of benzene rings is 1. The van der Waals surface area contributed by atoms with E-state index in [-0.39, 0.29) is 12.4 Å². The molecular formula is C12H16Cl3NS. The molecule has 0 bridgehead atoms. The second-order valence-corrected chi connectivity index (χ2v) is 6.33. The zero-order chi connectivity index (χ0) is 11.5. The number of thioether (sulfide) groups is 1. The van der Waals surface area contributed by atoms with Crippen LogP contribution in [0.25, 0.3) is 0 Å². The van der Waals surface area contributed by atoms with E-state index in [9.17, 15) is 0 Å². The minimum Gasteiger partial charge on any atom is -0.328 e. The molecule has 1 aromatic carbocycles. The highest BCUT2D eigenvalue weighted by Gasteiger charge is 2.21. The minimum absolute atomic E-state index is 0. The van der Waals surface area contributed by atoms with Crippen molar-refractivity contribution in [3.8, 4) is 0 Å². The molecule has 0 amide bonds. The van der Waals surface area contributed by atoms with Crippen molar-refractivity contribution < 1.29 is 0 Å². The molecule has 2 rings (SSSR count). The lowest BCUT2D eigenvalue weighted by atomic mass is 9.96. The molecule has 1 fully saturated rings. The van der Waals surface area contributed by atoms with E-state index in [0.29, 0.717) is 11.3 Å². The average Bonchev–Trinajstić information content (AvgIpc) is 2.26. The second kappa shape index (κ2) is 7.10. The van der Waals surface area contributed by atoms with Crippen molar-refractivity contribution in [2.45, 2.75) is 41.9 Å². The first-order valence-electron chi connectivity index (χ1n) is 5.53. The Hall–Kier alpha value is 0.400. The lowest BCUT2D eigenvalue weighted by Crippen LogP contribution is -2.27. The van der Waals surface area contributed by atoms with Crippen LogP contribution in [0.2, 0.25) is 10.0 Å². The van der Waals surface area contributed by atoms with Gasteiger partial charge in [0.1, 0.15) is 0 Å². The normalized spacial score (nSPS) is 24.2. The molecule has 0 saturated heterocycles. The van der Waals surface area contributed by atoms with Crippen molar-refractivity contribution in [1.82, 2.24) is 0 Å². The fourth-order valence-electron chi connectivity index (χ4n) is 1.97. The second-order valence-electron chi connectivity index (χ2n) is 4.21. The lowest BCUT2D eigenvalue weighted by molar-refractivity contribution is 0.451. The van der Waals surface area contributed by atoms with Crippen LogP contribution in [-0.4, -0.2) is 11.3 Å². The molecule has 0 radical (unpaired) electrons. The van der Waals surface area contributed by atoms with Gasteiger partial charge in [-0.2, -0.15) is 0 Å². The van der Waals surface area contributed by atoms with Gasteiger partial charge in [-0.25, -0.2) is 0 Å². The van der Waals surface area contributed by atoms with Crippen LogP contribution in [0.5, 0.6) is 0 Å². The Labute approximate surface area is 123 Å². The summed E-state index contributed by atoms with van der Waals surface area (Å²) in [6.45, 7) is 0. The standard InChI is InChI=1S/C12H15Cl2NS.ClH/c13-10-2-1-3-11(14)12(10)16-9-6-4-8(15)5-7-9;/h1-3,8-9H,4-7,15H2;1H. The number of nitrogens with two attached hydrogens (primary N) is 1. The minimum atomic E-state index is 0. The Morgan fingerprint density at radius 3 is 2.12 bits per heavy atom. The summed E-state index contributed by atoms with van der Waals surface area (Å²) in [7, 11) is 0. The third kappa shape index (κ3) is 4.22. The summed E-state index contributed by atoms with van der Waals surface area (Å²) in [4.78, 5) is 1.02. The van der Waals surface area contributed by atoms with Gasteiger partial charge in [0, 0.05) is 16.2 Å². The molecule has 0 spiro atoms. The number of halogens is 3. The van der Waals surface area contributed by atoms with E-state index in [0.717, 1.165) is 40.6 Å². The highest BCUT2D eigenvalue weighted by Crippen LogP contribution is 2.40. The monoisotopic (exact) mass is 311 g/mol. The molecule has 0 atom stereocenters. The summed E-state index contributed by atoms with van der Waals surface area (Å²) in [6, 6.07) is 6.05. The fourth-order valence-corrected chi connectivity index (χ4v) is 3.84. The van der Waals surface area contributed by atoms with E-state index in [1.54, 1.807) is 11.8 Å². The maximum atomic E-state index is 6.15. The smallest absolute Gasteiger partial charge is 0.0557 e. The van der Waals surface area contributed by atoms with Crippen molar-refractivity contribution in [1.29, 1.82) is 0 Å². The summed E-state index contributed by atoms with van der Waals surface area (Å²) in [5.41, 5.74) is 5.89. The summed E-state index contributed by atoms with van der Waals surface area (Å²) >= 11 is 14.1. The Morgan fingerprint density at radius 2 is 1.59 bits per heavy atom. The summed E-state index contributed by atoms with van der Waals surface area (Å²) in [5, 5.41) is 2.12. The molecule has 1 saturated carbocycles. The van der Waals surface area contributed by atoms with Crippen molar-refractivity contribution >= 4 is 47.4 Å². The Morgan fingerprint density at radius 1 is 1.06 bits per heavy atom. The molecule has 1 aliphatic rings. The molecule has 0 aliphatic heterocycles. The van der Waals surface area contributed by atoms with Crippen LogP contribution in [0.3, 0.4) is 0 Å². The Kier molecular flexibility index (Phi) is 6.46. The highest BCUT2D eigenvalue weighted by atomic mass is 35.5. The van der Waals surface area contributed by atoms with Gasteiger partial charge < -0.3 is 5.73 Å². The molecule has 2 N–H and O–H groups in total. The molecular weight excluding hydrogens is 297 g/mol. The first-order chi connectivity index (χ1) is 7.66. The predicted octanol–water partition coefficient (Wildman–Crippen LogP) is 4.78. The quantitative estimate of drug-likeness (QED) is 0.850. The van der Waals surface area contributed by atoms with Crippen molar-refractivity contribution in [2.24, 2.45) is 5.73 Å². The average molecular weight is 313 g/mol. The van der Waals surface area contributed by atoms with Gasteiger partial charge in [-0.1, -0.05) is 29.3 Å². The molecule has 0 aromatic heterocycles. The zero-order valence-electron chi connectivity index (χ0n) is 9.36. The lowest BCUT2D eigenvalue weighted by Gasteiger charge is -2.26. The maximum Gasteiger partial charge on any atom is 0.0557 e. The van der Waals surface area contributed by atoms with Gasteiger partial charge >= 0.3 is 0 Å². The molecule has 0 unspecified atom stereocenters. The molecule has 0 heterocycles. The SMILES string of the molecule is Cl.NC1CCC(Sc2c(Cl)cccc2Cl)CC1. The van der Waals surface area contributed by atoms with E-state index in [2.05, 4.69) is 0 Å². The largest absolute Gasteiger partial charge is 0.328 e. The Balaban J connectivity index is 0.00000144. The zero-order valence-corrected chi connectivity index (χ0v) is 12.5. The van der Waals surface area contributed by atoms with Crippen LogP contribution < -0.4 is 5.73 Å². The summed E-state index contributed by atoms with van der Waals surface area (Å²) < 4.78 is 0. The van der Waals surface area contributed by atoms with Gasteiger partial charge in [0.2, 0.25) is 0 Å². The van der Waals surface area contributed by atoms with Crippen LogP contribution in [0, 0.1) is 0 Å². The highest BCUT2D eigenvalue weighted by molar-refractivity contribution is 8.00. The molecule has 1 nitrogen and oxygen atoms in total. The van der Waals surface area contributed by atoms with E-state index in [1.165, 1.54) is 0 Å². The van der Waals surface area contributed by atoms with E-state index in [1.807, 2.05) is 18.2 Å². The maximum absolute atomic E-state index is 6.15. The molecule has 96 valence electrons. The van der Waals surface area contributed by atoms with Gasteiger partial charge in [-0.15, -0.1) is 24.2 Å². The van der Waals surface area contributed by atoms with Crippen LogP contribution in [0.1, 0.15) is 25.7 Å². The molecule has 1 aliphatic carbocycles. The van der Waals surface area contributed by atoms with E-state index in [4.69, 9.17) is 28.9 Å². The first kappa shape index (κ1) is 15.5. The first-order valence-corrected chi connectivity index (χ1v) is 7.16. The fraction of sp³-hybridized carbons (Fsp3) is 0.500. The van der Waals surface area contributed by atoms with Gasteiger partial charge in [0.05, 0.1) is 10.0 Å². The van der Waals surface area contributed by atoms with Gasteiger partial charge in [-0.05, 0) is 37.8 Å². The molecule has 1 aromatic rings. The Bertz CT molecular complexity index is 345. The number of hydrogen-bond acceptors (Lipinski definition) is 2. The summed E-state index contributed by atoms with van der Waals surface area (Å²) in [6.07, 6.45) is 4.54. The number of rotatable bonds is 2. The van der Waals surface area contributed by atoms with Crippen LogP contribution in [-0.2, 0) is 0 Å². The van der Waals surface area contributed by atoms with Crippen molar-refractivity contribution in [2.75, 3.05) is 0 Å².